The molecule has 1 heterocycles. The lowest BCUT2D eigenvalue weighted by atomic mass is 10.0. The van der Waals surface area contributed by atoms with Gasteiger partial charge in [0, 0.05) is 18.9 Å². The molecule has 0 radical (unpaired) electrons. The fourth-order valence-corrected chi connectivity index (χ4v) is 3.24. The summed E-state index contributed by atoms with van der Waals surface area (Å²) in [5, 5.41) is 3.64. The van der Waals surface area contributed by atoms with E-state index in [1.54, 1.807) is 0 Å². The molecule has 3 rings (SSSR count). The zero-order valence-corrected chi connectivity index (χ0v) is 15.5. The Labute approximate surface area is 153 Å². The fraction of sp³-hybridized carbons (Fsp3) is 0.273. The molecule has 0 unspecified atom stereocenters. The standard InChI is InChI=1S/C22H24N2O2/c1-4-5-13-19(25)23-22-20(16-10-8-9-15(2)14-16)21(26)17-11-6-7-12-18(17)24(22)3/h6-12,14H,4-5,13H2,1-3H3,(H,23,25). The number of carbonyl (C=O) groups is 1. The SMILES string of the molecule is CCCCC(=O)Nc1c(-c2cccc(C)c2)c(=O)c2ccccc2n1C. The summed E-state index contributed by atoms with van der Waals surface area (Å²) in [7, 11) is 1.89. The van der Waals surface area contributed by atoms with E-state index in [2.05, 4.69) is 12.2 Å². The zero-order chi connectivity index (χ0) is 18.7. The Morgan fingerprint density at radius 3 is 2.62 bits per heavy atom. The second-order valence-corrected chi connectivity index (χ2v) is 6.65. The van der Waals surface area contributed by atoms with Crippen molar-refractivity contribution in [1.82, 2.24) is 4.57 Å². The lowest BCUT2D eigenvalue weighted by molar-refractivity contribution is -0.116. The van der Waals surface area contributed by atoms with Crippen molar-refractivity contribution in [3.63, 3.8) is 0 Å². The van der Waals surface area contributed by atoms with E-state index >= 15 is 0 Å². The number of aryl methyl sites for hydroxylation is 2. The number of anilines is 1. The zero-order valence-electron chi connectivity index (χ0n) is 15.5. The number of unbranched alkanes of at least 4 members (excludes halogenated alkanes) is 1. The van der Waals surface area contributed by atoms with Gasteiger partial charge in [0.05, 0.1) is 11.1 Å². The summed E-state index contributed by atoms with van der Waals surface area (Å²) in [4.78, 5) is 25.6. The number of rotatable bonds is 5. The van der Waals surface area contributed by atoms with Crippen molar-refractivity contribution in [2.24, 2.45) is 7.05 Å². The van der Waals surface area contributed by atoms with Gasteiger partial charge in [-0.25, -0.2) is 0 Å². The molecule has 3 aromatic rings. The number of pyridine rings is 1. The van der Waals surface area contributed by atoms with Crippen molar-refractivity contribution in [2.75, 3.05) is 5.32 Å². The van der Waals surface area contributed by atoms with E-state index in [9.17, 15) is 9.59 Å². The van der Waals surface area contributed by atoms with Crippen LogP contribution < -0.4 is 10.7 Å². The number of carbonyl (C=O) groups excluding carboxylic acids is 1. The third-order valence-corrected chi connectivity index (χ3v) is 4.63. The maximum Gasteiger partial charge on any atom is 0.225 e. The minimum absolute atomic E-state index is 0.0601. The molecule has 0 saturated heterocycles. The first kappa shape index (κ1) is 17.9. The highest BCUT2D eigenvalue weighted by molar-refractivity contribution is 5.98. The predicted octanol–water partition coefficient (Wildman–Crippen LogP) is 4.64. The van der Waals surface area contributed by atoms with Gasteiger partial charge in [0.15, 0.2) is 5.43 Å². The van der Waals surface area contributed by atoms with Gasteiger partial charge in [-0.3, -0.25) is 9.59 Å². The fourth-order valence-electron chi connectivity index (χ4n) is 3.24. The first-order chi connectivity index (χ1) is 12.5. The quantitative estimate of drug-likeness (QED) is 0.730. The van der Waals surface area contributed by atoms with E-state index in [0.717, 1.165) is 29.5 Å². The Morgan fingerprint density at radius 2 is 1.88 bits per heavy atom. The summed E-state index contributed by atoms with van der Waals surface area (Å²) in [5.41, 5.74) is 3.18. The van der Waals surface area contributed by atoms with Crippen LogP contribution in [0.4, 0.5) is 5.82 Å². The number of aromatic nitrogens is 1. The van der Waals surface area contributed by atoms with Crippen molar-refractivity contribution in [3.05, 3.63) is 64.3 Å². The van der Waals surface area contributed by atoms with Crippen LogP contribution in [0.1, 0.15) is 31.7 Å². The smallest absolute Gasteiger partial charge is 0.225 e. The molecule has 0 aliphatic carbocycles. The van der Waals surface area contributed by atoms with Crippen LogP contribution in [-0.4, -0.2) is 10.5 Å². The Hall–Kier alpha value is -2.88. The lowest BCUT2D eigenvalue weighted by Crippen LogP contribution is -2.21. The summed E-state index contributed by atoms with van der Waals surface area (Å²) in [5.74, 6) is 0.492. The second-order valence-electron chi connectivity index (χ2n) is 6.65. The van der Waals surface area contributed by atoms with Gasteiger partial charge in [-0.2, -0.15) is 0 Å². The van der Waals surface area contributed by atoms with Gasteiger partial charge in [0.1, 0.15) is 5.82 Å². The lowest BCUT2D eigenvalue weighted by Gasteiger charge is -2.18. The van der Waals surface area contributed by atoms with Gasteiger partial charge in [-0.1, -0.05) is 55.3 Å². The molecular formula is C22H24N2O2. The summed E-state index contributed by atoms with van der Waals surface area (Å²) in [6, 6.07) is 15.3. The Balaban J connectivity index is 2.26. The Morgan fingerprint density at radius 1 is 1.12 bits per heavy atom. The minimum Gasteiger partial charge on any atom is -0.330 e. The molecule has 0 atom stereocenters. The highest BCUT2D eigenvalue weighted by Gasteiger charge is 2.18. The van der Waals surface area contributed by atoms with Gasteiger partial charge in [0.2, 0.25) is 5.91 Å². The average molecular weight is 348 g/mol. The molecule has 0 saturated carbocycles. The number of amides is 1. The molecule has 0 spiro atoms. The number of nitrogens with zero attached hydrogens (tertiary/aromatic N) is 1. The maximum absolute atomic E-state index is 13.2. The molecule has 4 nitrogen and oxygen atoms in total. The number of fused-ring (bicyclic) bond motifs is 1. The van der Waals surface area contributed by atoms with E-state index in [1.807, 2.05) is 67.1 Å². The van der Waals surface area contributed by atoms with Gasteiger partial charge < -0.3 is 9.88 Å². The average Bonchev–Trinajstić information content (AvgIpc) is 2.64. The summed E-state index contributed by atoms with van der Waals surface area (Å²) < 4.78 is 1.90. The van der Waals surface area contributed by atoms with Crippen LogP contribution in [0.5, 0.6) is 0 Å². The van der Waals surface area contributed by atoms with Gasteiger partial charge in [-0.15, -0.1) is 0 Å². The van der Waals surface area contributed by atoms with Gasteiger partial charge in [0.25, 0.3) is 0 Å². The molecule has 1 N–H and O–H groups in total. The van der Waals surface area contributed by atoms with Crippen molar-refractivity contribution in [1.29, 1.82) is 0 Å². The van der Waals surface area contributed by atoms with Crippen molar-refractivity contribution in [2.45, 2.75) is 33.1 Å². The van der Waals surface area contributed by atoms with Crippen LogP contribution in [0.2, 0.25) is 0 Å². The molecule has 0 fully saturated rings. The number of nitrogens with one attached hydrogen (secondary N) is 1. The largest absolute Gasteiger partial charge is 0.330 e. The summed E-state index contributed by atoms with van der Waals surface area (Å²) >= 11 is 0. The molecule has 2 aromatic carbocycles. The third kappa shape index (κ3) is 3.40. The van der Waals surface area contributed by atoms with E-state index < -0.39 is 0 Å². The molecule has 1 aromatic heterocycles. The van der Waals surface area contributed by atoms with Gasteiger partial charge in [-0.05, 0) is 31.0 Å². The minimum atomic E-state index is -0.0639. The van der Waals surface area contributed by atoms with Crippen LogP contribution in [-0.2, 0) is 11.8 Å². The monoisotopic (exact) mass is 348 g/mol. The molecule has 1 amide bonds. The first-order valence-corrected chi connectivity index (χ1v) is 9.01. The van der Waals surface area contributed by atoms with E-state index in [1.165, 1.54) is 0 Å². The van der Waals surface area contributed by atoms with Crippen molar-refractivity contribution < 1.29 is 4.79 Å². The number of hydrogen-bond donors (Lipinski definition) is 1. The first-order valence-electron chi connectivity index (χ1n) is 9.01. The molecule has 134 valence electrons. The maximum atomic E-state index is 13.2. The summed E-state index contributed by atoms with van der Waals surface area (Å²) in [6.45, 7) is 4.05. The van der Waals surface area contributed by atoms with Crippen LogP contribution in [0.25, 0.3) is 22.0 Å². The Bertz CT molecular complexity index is 1020. The van der Waals surface area contributed by atoms with Crippen molar-refractivity contribution in [3.8, 4) is 11.1 Å². The third-order valence-electron chi connectivity index (χ3n) is 4.63. The molecule has 0 bridgehead atoms. The number of benzene rings is 2. The second kappa shape index (κ2) is 7.56. The molecular weight excluding hydrogens is 324 g/mol. The molecule has 26 heavy (non-hydrogen) atoms. The van der Waals surface area contributed by atoms with E-state index in [4.69, 9.17) is 0 Å². The number of para-hydroxylation sites is 1. The van der Waals surface area contributed by atoms with Crippen molar-refractivity contribution >= 4 is 22.6 Å². The number of hydrogen-bond acceptors (Lipinski definition) is 2. The topological polar surface area (TPSA) is 51.1 Å². The normalized spacial score (nSPS) is 10.9. The molecule has 4 heteroatoms. The van der Waals surface area contributed by atoms with Crippen LogP contribution in [0.15, 0.2) is 53.3 Å². The molecule has 0 aliphatic rings. The highest BCUT2D eigenvalue weighted by atomic mass is 16.1. The Kier molecular flexibility index (Phi) is 5.21. The van der Waals surface area contributed by atoms with Gasteiger partial charge >= 0.3 is 0 Å². The van der Waals surface area contributed by atoms with E-state index in [-0.39, 0.29) is 11.3 Å². The highest BCUT2D eigenvalue weighted by Crippen LogP contribution is 2.29. The predicted molar refractivity (Wildman–Crippen MR) is 108 cm³/mol. The molecule has 0 aliphatic heterocycles. The van der Waals surface area contributed by atoms with E-state index in [0.29, 0.717) is 23.2 Å². The van der Waals surface area contributed by atoms with Crippen LogP contribution >= 0.6 is 0 Å². The van der Waals surface area contributed by atoms with Crippen LogP contribution in [0.3, 0.4) is 0 Å². The summed E-state index contributed by atoms with van der Waals surface area (Å²) in [6.07, 6.45) is 2.23. The van der Waals surface area contributed by atoms with Crippen LogP contribution in [0, 0.1) is 6.92 Å².